The van der Waals surface area contributed by atoms with Crippen LogP contribution in [0.4, 0.5) is 0 Å². The summed E-state index contributed by atoms with van der Waals surface area (Å²) < 4.78 is 102. The van der Waals surface area contributed by atoms with Crippen molar-refractivity contribution in [3.63, 3.8) is 0 Å². The molecule has 0 bridgehead atoms. The Morgan fingerprint density at radius 2 is 1.68 bits per heavy atom. The van der Waals surface area contributed by atoms with Gasteiger partial charge in [0, 0.05) is 2.74 Å². The van der Waals surface area contributed by atoms with Gasteiger partial charge in [0.1, 0.15) is 0 Å². The molecule has 4 aliphatic rings. The molecular formula is C19H28Na2O8S2. The predicted octanol–water partition coefficient (Wildman–Crippen LogP) is -3.35. The van der Waals surface area contributed by atoms with Gasteiger partial charge in [-0.3, -0.25) is 8.37 Å². The Kier molecular flexibility index (Phi) is 7.69. The molecule has 0 spiro atoms. The van der Waals surface area contributed by atoms with Gasteiger partial charge in [-0.1, -0.05) is 25.5 Å². The van der Waals surface area contributed by atoms with Crippen LogP contribution in [-0.2, 0) is 29.2 Å². The minimum atomic E-state index is -5.29. The number of rotatable bonds is 4. The van der Waals surface area contributed by atoms with Crippen LogP contribution >= 0.6 is 0 Å². The number of hydrogen-bond acceptors (Lipinski definition) is 8. The Balaban J connectivity index is 0.00000204. The van der Waals surface area contributed by atoms with Crippen LogP contribution in [0.15, 0.2) is 11.6 Å². The molecule has 4 aliphatic carbocycles. The van der Waals surface area contributed by atoms with Gasteiger partial charge in [-0.05, 0) is 79.9 Å². The molecule has 0 radical (unpaired) electrons. The van der Waals surface area contributed by atoms with E-state index in [0.717, 1.165) is 5.57 Å². The molecule has 4 rings (SSSR count). The Morgan fingerprint density at radius 3 is 2.29 bits per heavy atom. The van der Waals surface area contributed by atoms with Crippen LogP contribution in [0, 0.1) is 28.6 Å². The number of fused-ring (bicyclic) bond motifs is 5. The molecule has 8 nitrogen and oxygen atoms in total. The van der Waals surface area contributed by atoms with E-state index in [9.17, 15) is 25.9 Å². The fraction of sp³-hybridized carbons (Fsp3) is 0.895. The average Bonchev–Trinajstić information content (AvgIpc) is 2.76. The van der Waals surface area contributed by atoms with E-state index in [4.69, 9.17) is 8.30 Å². The van der Waals surface area contributed by atoms with E-state index in [2.05, 4.69) is 11.1 Å². The third-order valence-corrected chi connectivity index (χ3v) is 8.77. The normalized spacial score (nSPS) is 47.6. The third-order valence-electron chi connectivity index (χ3n) is 7.89. The molecule has 0 saturated heterocycles. The zero-order valence-electron chi connectivity index (χ0n) is 21.4. The second kappa shape index (κ2) is 9.85. The summed E-state index contributed by atoms with van der Waals surface area (Å²) in [4.78, 5) is 0. The Bertz CT molecular complexity index is 1060. The van der Waals surface area contributed by atoms with Crippen LogP contribution < -0.4 is 59.1 Å². The van der Waals surface area contributed by atoms with E-state index in [0.29, 0.717) is 38.5 Å². The molecule has 0 unspecified atom stereocenters. The van der Waals surface area contributed by atoms with Crippen LogP contribution in [0.2, 0.25) is 0 Å². The Morgan fingerprint density at radius 1 is 1.03 bits per heavy atom. The fourth-order valence-corrected chi connectivity index (χ4v) is 7.44. The zero-order valence-corrected chi connectivity index (χ0v) is 24.1. The molecule has 166 valence electrons. The number of hydrogen-bond donors (Lipinski definition) is 0. The summed E-state index contributed by atoms with van der Waals surface area (Å²) in [5.41, 5.74) is -0.422. The maximum atomic E-state index is 11.4. The van der Waals surface area contributed by atoms with Crippen molar-refractivity contribution in [3.05, 3.63) is 11.6 Å². The summed E-state index contributed by atoms with van der Waals surface area (Å²) in [7, 11) is -10.1. The van der Waals surface area contributed by atoms with E-state index in [-0.39, 0.29) is 88.7 Å². The topological polar surface area (TPSA) is 133 Å². The first-order chi connectivity index (χ1) is 14.4. The molecule has 12 heteroatoms. The summed E-state index contributed by atoms with van der Waals surface area (Å²) >= 11 is 0. The smallest absolute Gasteiger partial charge is 0.726 e. The molecule has 31 heavy (non-hydrogen) atoms. The molecule has 0 aromatic heterocycles. The van der Waals surface area contributed by atoms with Crippen molar-refractivity contribution < 1.29 is 97.5 Å². The molecule has 3 saturated carbocycles. The van der Waals surface area contributed by atoms with Crippen LogP contribution in [0.5, 0.6) is 0 Å². The first-order valence-corrected chi connectivity index (χ1v) is 12.6. The van der Waals surface area contributed by atoms with Gasteiger partial charge in [0.25, 0.3) is 0 Å². The van der Waals surface area contributed by atoms with Gasteiger partial charge in [-0.25, -0.2) is 16.8 Å². The van der Waals surface area contributed by atoms with Crippen molar-refractivity contribution in [3.8, 4) is 0 Å². The quantitative estimate of drug-likeness (QED) is 0.170. The van der Waals surface area contributed by atoms with Crippen molar-refractivity contribution in [1.29, 1.82) is 0 Å². The summed E-state index contributed by atoms with van der Waals surface area (Å²) in [6.45, 7) is 3.75. The van der Waals surface area contributed by atoms with Gasteiger partial charge in [0.05, 0.1) is 13.6 Å². The molecule has 0 amide bonds. The minimum absolute atomic E-state index is 0. The van der Waals surface area contributed by atoms with Gasteiger partial charge in [0.2, 0.25) is 20.8 Å². The first-order valence-electron chi connectivity index (χ1n) is 11.4. The van der Waals surface area contributed by atoms with E-state index in [1.807, 2.05) is 6.08 Å². The van der Waals surface area contributed by atoms with Crippen LogP contribution in [0.3, 0.4) is 0 Å². The SMILES string of the molecule is [2H]C1([2H])C[C@H]2[C@@H]3CC=C4C[C@@H](OS(=O)(=O)[O-])CC[C@]4(C)[C@H]3CC[C@]2(C)[C@@]1([2H])OS(=O)(=O)[O-].[Na+].[Na+]. The zero-order chi connectivity index (χ0) is 24.0. The summed E-state index contributed by atoms with van der Waals surface area (Å²) in [5, 5.41) is 0. The predicted molar refractivity (Wildman–Crippen MR) is 101 cm³/mol. The van der Waals surface area contributed by atoms with Crippen LogP contribution in [0.25, 0.3) is 0 Å². The van der Waals surface area contributed by atoms with Gasteiger partial charge < -0.3 is 9.11 Å². The first kappa shape index (κ1) is 24.2. The third kappa shape index (κ3) is 5.67. The van der Waals surface area contributed by atoms with E-state index < -0.39 is 44.8 Å². The fourth-order valence-electron chi connectivity index (χ4n) is 6.49. The van der Waals surface area contributed by atoms with Gasteiger partial charge in [-0.15, -0.1) is 0 Å². The maximum Gasteiger partial charge on any atom is 1.00 e. The Hall–Kier alpha value is 1.48. The Labute approximate surface area is 234 Å². The van der Waals surface area contributed by atoms with Gasteiger partial charge >= 0.3 is 59.1 Å². The molecule has 0 aromatic rings. The summed E-state index contributed by atoms with van der Waals surface area (Å²) in [5.74, 6) is -0.281. The van der Waals surface area contributed by atoms with Crippen LogP contribution in [0.1, 0.15) is 69.3 Å². The van der Waals surface area contributed by atoms with E-state index in [1.165, 1.54) is 0 Å². The molecule has 3 fully saturated rings. The molecule has 0 aliphatic heterocycles. The summed E-state index contributed by atoms with van der Waals surface area (Å²) in [6, 6.07) is 0. The standard InChI is InChI=1S/C19H30O8S2.2Na/c1-18-9-7-13(26-28(20,21)22)11-12(18)3-4-14-15-5-6-17(27-29(23,24)25)19(15,2)10-8-16(14)18;;/h3,13-17H,4-11H2,1-2H3,(H,20,21,22)(H,23,24,25);;/q;2*+1/p-2/t13-,14-,15-,16-,17-,18-,19-;;/m0../s1/i6D2,17D;;. The second-order valence-corrected chi connectivity index (χ2v) is 11.3. The van der Waals surface area contributed by atoms with Crippen molar-refractivity contribution in [2.75, 3.05) is 0 Å². The molecule has 7 atom stereocenters. The molecule has 0 N–H and O–H groups in total. The van der Waals surface area contributed by atoms with Crippen molar-refractivity contribution in [1.82, 2.24) is 0 Å². The van der Waals surface area contributed by atoms with Gasteiger partial charge in [0.15, 0.2) is 0 Å². The monoisotopic (exact) mass is 497 g/mol. The molecule has 0 heterocycles. The molecular weight excluding hydrogens is 466 g/mol. The van der Waals surface area contributed by atoms with Crippen molar-refractivity contribution >= 4 is 20.8 Å². The molecule has 0 aromatic carbocycles. The largest absolute Gasteiger partial charge is 1.00 e. The van der Waals surface area contributed by atoms with E-state index >= 15 is 0 Å². The van der Waals surface area contributed by atoms with Crippen molar-refractivity contribution in [2.24, 2.45) is 28.6 Å². The summed E-state index contributed by atoms with van der Waals surface area (Å²) in [6.07, 6.45) is -0.771. The minimum Gasteiger partial charge on any atom is -0.726 e. The second-order valence-electron chi connectivity index (χ2n) is 9.29. The average molecular weight is 498 g/mol. The van der Waals surface area contributed by atoms with Crippen molar-refractivity contribution in [2.45, 2.75) is 77.4 Å². The van der Waals surface area contributed by atoms with E-state index in [1.54, 1.807) is 6.92 Å². The maximum absolute atomic E-state index is 11.4. The van der Waals surface area contributed by atoms with Crippen LogP contribution in [-0.4, -0.2) is 38.1 Å². The number of allylic oxidation sites excluding steroid dienone is 1. The van der Waals surface area contributed by atoms with Gasteiger partial charge in [-0.2, -0.15) is 0 Å².